The van der Waals surface area contributed by atoms with E-state index < -0.39 is 20.7 Å². The third-order valence-electron chi connectivity index (χ3n) is 3.24. The molecule has 106 valence electrons. The molecule has 0 N–H and O–H groups in total. The fourth-order valence-electron chi connectivity index (χ4n) is 1.90. The van der Waals surface area contributed by atoms with Crippen LogP contribution < -0.4 is 4.74 Å². The Balaban J connectivity index is 1.99. The van der Waals surface area contributed by atoms with Gasteiger partial charge >= 0.3 is 0 Å². The van der Waals surface area contributed by atoms with E-state index in [4.69, 9.17) is 10.00 Å². The molecule has 0 saturated carbocycles. The van der Waals surface area contributed by atoms with E-state index in [1.54, 1.807) is 24.3 Å². The standard InChI is InChI=1S/C13H14N2O4S/c1-13(2)12(16)15(20(13,17)18)7-8-19-11-6-4-3-5-10(11)9-14/h3-6H,7-8H2,1-2H3. The summed E-state index contributed by atoms with van der Waals surface area (Å²) in [6, 6.07) is 8.62. The van der Waals surface area contributed by atoms with E-state index in [-0.39, 0.29) is 13.2 Å². The van der Waals surface area contributed by atoms with E-state index in [2.05, 4.69) is 0 Å². The maximum absolute atomic E-state index is 11.8. The zero-order valence-electron chi connectivity index (χ0n) is 11.2. The largest absolute Gasteiger partial charge is 0.490 e. The Labute approximate surface area is 117 Å². The molecule has 0 bridgehead atoms. The second-order valence-corrected chi connectivity index (χ2v) is 7.26. The van der Waals surface area contributed by atoms with Crippen LogP contribution in [0, 0.1) is 11.3 Å². The molecular formula is C13H14N2O4S. The van der Waals surface area contributed by atoms with Crippen molar-refractivity contribution >= 4 is 15.9 Å². The highest BCUT2D eigenvalue weighted by atomic mass is 32.2. The smallest absolute Gasteiger partial charge is 0.259 e. The number of ether oxygens (including phenoxy) is 1. The number of nitrogens with zero attached hydrogens (tertiary/aromatic N) is 2. The molecule has 0 radical (unpaired) electrons. The number of carbonyl (C=O) groups is 1. The lowest BCUT2D eigenvalue weighted by molar-refractivity contribution is -0.132. The van der Waals surface area contributed by atoms with Crippen LogP contribution in [0.25, 0.3) is 0 Å². The van der Waals surface area contributed by atoms with Crippen molar-refractivity contribution in [2.24, 2.45) is 0 Å². The first kappa shape index (κ1) is 14.3. The van der Waals surface area contributed by atoms with Crippen molar-refractivity contribution in [1.29, 1.82) is 5.26 Å². The Morgan fingerprint density at radius 3 is 2.60 bits per heavy atom. The van der Waals surface area contributed by atoms with Crippen LogP contribution in [0.1, 0.15) is 19.4 Å². The van der Waals surface area contributed by atoms with Crippen LogP contribution >= 0.6 is 0 Å². The fourth-order valence-corrected chi connectivity index (χ4v) is 3.41. The van der Waals surface area contributed by atoms with E-state index in [9.17, 15) is 13.2 Å². The van der Waals surface area contributed by atoms with Gasteiger partial charge in [0.2, 0.25) is 0 Å². The van der Waals surface area contributed by atoms with Crippen LogP contribution in [-0.4, -0.2) is 36.5 Å². The highest BCUT2D eigenvalue weighted by Crippen LogP contribution is 2.34. The zero-order chi connectivity index (χ0) is 15.0. The number of para-hydroxylation sites is 1. The molecule has 1 fully saturated rings. The quantitative estimate of drug-likeness (QED) is 0.823. The predicted molar refractivity (Wildman–Crippen MR) is 71.4 cm³/mol. The van der Waals surface area contributed by atoms with Gasteiger partial charge in [-0.3, -0.25) is 4.79 Å². The summed E-state index contributed by atoms with van der Waals surface area (Å²) in [5, 5.41) is 8.89. The molecule has 1 aliphatic rings. The summed E-state index contributed by atoms with van der Waals surface area (Å²) in [6.45, 7) is 2.73. The summed E-state index contributed by atoms with van der Waals surface area (Å²) in [5.74, 6) is -0.0608. The molecule has 1 aliphatic heterocycles. The minimum Gasteiger partial charge on any atom is -0.490 e. The lowest BCUT2D eigenvalue weighted by Gasteiger charge is -2.42. The van der Waals surface area contributed by atoms with Gasteiger partial charge in [-0.2, -0.15) is 5.26 Å². The Morgan fingerprint density at radius 1 is 1.35 bits per heavy atom. The van der Waals surface area contributed by atoms with Crippen LogP contribution in [0.15, 0.2) is 24.3 Å². The van der Waals surface area contributed by atoms with Crippen molar-refractivity contribution < 1.29 is 17.9 Å². The number of carbonyl (C=O) groups excluding carboxylic acids is 1. The predicted octanol–water partition coefficient (Wildman–Crippen LogP) is 0.888. The fraction of sp³-hybridized carbons (Fsp3) is 0.385. The highest BCUT2D eigenvalue weighted by molar-refractivity contribution is 7.94. The zero-order valence-corrected chi connectivity index (χ0v) is 12.0. The van der Waals surface area contributed by atoms with Gasteiger partial charge in [0.15, 0.2) is 4.75 Å². The van der Waals surface area contributed by atoms with Crippen molar-refractivity contribution in [3.63, 3.8) is 0 Å². The average molecular weight is 294 g/mol. The summed E-state index contributed by atoms with van der Waals surface area (Å²) in [7, 11) is -3.58. The second-order valence-electron chi connectivity index (χ2n) is 4.85. The molecule has 20 heavy (non-hydrogen) atoms. The molecule has 1 heterocycles. The first-order valence-electron chi connectivity index (χ1n) is 6.01. The normalized spacial score (nSPS) is 19.1. The van der Waals surface area contributed by atoms with E-state index in [0.29, 0.717) is 11.3 Å². The minimum atomic E-state index is -3.58. The summed E-state index contributed by atoms with van der Waals surface area (Å²) in [5.41, 5.74) is 0.366. The summed E-state index contributed by atoms with van der Waals surface area (Å²) in [6.07, 6.45) is 0. The van der Waals surface area contributed by atoms with Crippen molar-refractivity contribution in [3.8, 4) is 11.8 Å². The molecule has 0 spiro atoms. The van der Waals surface area contributed by atoms with Gasteiger partial charge in [0.05, 0.1) is 12.1 Å². The first-order valence-corrected chi connectivity index (χ1v) is 7.45. The summed E-state index contributed by atoms with van der Waals surface area (Å²) >= 11 is 0. The number of amides is 1. The van der Waals surface area contributed by atoms with Crippen molar-refractivity contribution in [2.75, 3.05) is 13.2 Å². The molecule has 0 aliphatic carbocycles. The van der Waals surface area contributed by atoms with Crippen LogP contribution in [0.5, 0.6) is 5.75 Å². The molecule has 2 rings (SSSR count). The van der Waals surface area contributed by atoms with E-state index in [1.807, 2.05) is 6.07 Å². The van der Waals surface area contributed by atoms with Crippen LogP contribution in [0.2, 0.25) is 0 Å². The summed E-state index contributed by atoms with van der Waals surface area (Å²) in [4.78, 5) is 11.7. The van der Waals surface area contributed by atoms with E-state index in [1.165, 1.54) is 13.8 Å². The molecule has 1 saturated heterocycles. The van der Waals surface area contributed by atoms with E-state index >= 15 is 0 Å². The van der Waals surface area contributed by atoms with Gasteiger partial charge < -0.3 is 4.74 Å². The third kappa shape index (κ3) is 2.02. The highest BCUT2D eigenvalue weighted by Gasteiger charge is 2.59. The van der Waals surface area contributed by atoms with Gasteiger partial charge in [0, 0.05) is 0 Å². The first-order chi connectivity index (χ1) is 9.32. The number of benzene rings is 1. The second kappa shape index (κ2) is 4.80. The number of hydrogen-bond acceptors (Lipinski definition) is 5. The topological polar surface area (TPSA) is 87.5 Å². The van der Waals surface area contributed by atoms with Crippen molar-refractivity contribution in [2.45, 2.75) is 18.6 Å². The van der Waals surface area contributed by atoms with Gasteiger partial charge in [-0.05, 0) is 26.0 Å². The van der Waals surface area contributed by atoms with Gasteiger partial charge in [-0.25, -0.2) is 12.7 Å². The van der Waals surface area contributed by atoms with Crippen molar-refractivity contribution in [1.82, 2.24) is 4.31 Å². The van der Waals surface area contributed by atoms with Gasteiger partial charge in [-0.15, -0.1) is 0 Å². The molecule has 1 aromatic rings. The number of sulfonamides is 1. The summed E-state index contributed by atoms with van der Waals surface area (Å²) < 4.78 is 28.5. The number of hydrogen-bond donors (Lipinski definition) is 0. The van der Waals surface area contributed by atoms with E-state index in [0.717, 1.165) is 4.31 Å². The Hall–Kier alpha value is -2.07. The molecule has 0 unspecified atom stereocenters. The lowest BCUT2D eigenvalue weighted by Crippen LogP contribution is -2.67. The average Bonchev–Trinajstić information content (AvgIpc) is 2.42. The van der Waals surface area contributed by atoms with Crippen LogP contribution in [-0.2, 0) is 14.8 Å². The van der Waals surface area contributed by atoms with Gasteiger partial charge in [0.25, 0.3) is 15.9 Å². The molecule has 1 aromatic carbocycles. The lowest BCUT2D eigenvalue weighted by atomic mass is 10.2. The van der Waals surface area contributed by atoms with Gasteiger partial charge in [0.1, 0.15) is 18.4 Å². The Kier molecular flexibility index (Phi) is 3.44. The Morgan fingerprint density at radius 2 is 2.00 bits per heavy atom. The molecule has 0 aromatic heterocycles. The van der Waals surface area contributed by atoms with Gasteiger partial charge in [-0.1, -0.05) is 12.1 Å². The van der Waals surface area contributed by atoms with Crippen LogP contribution in [0.3, 0.4) is 0 Å². The molecular weight excluding hydrogens is 280 g/mol. The van der Waals surface area contributed by atoms with Crippen molar-refractivity contribution in [3.05, 3.63) is 29.8 Å². The molecule has 6 nitrogen and oxygen atoms in total. The molecule has 7 heteroatoms. The monoisotopic (exact) mass is 294 g/mol. The SMILES string of the molecule is CC1(C)C(=O)N(CCOc2ccccc2C#N)S1(=O)=O. The maximum Gasteiger partial charge on any atom is 0.259 e. The Bertz CT molecular complexity index is 689. The maximum atomic E-state index is 11.8. The van der Waals surface area contributed by atoms with Crippen LogP contribution in [0.4, 0.5) is 0 Å². The number of rotatable bonds is 4. The minimum absolute atomic E-state index is 0.0136. The molecule has 1 amide bonds. The molecule has 0 atom stereocenters. The number of nitriles is 1. The third-order valence-corrected chi connectivity index (χ3v) is 5.63.